The molecule has 0 unspecified atom stereocenters. The summed E-state index contributed by atoms with van der Waals surface area (Å²) in [6.07, 6.45) is 1.32. The Labute approximate surface area is 140 Å². The molecule has 1 aromatic carbocycles. The molecular formula is C14H18Cl2N2O3S. The maximum Gasteiger partial charge on any atom is 0.228 e. The smallest absolute Gasteiger partial charge is 0.228 e. The summed E-state index contributed by atoms with van der Waals surface area (Å²) in [7, 11) is -3.27. The molecule has 0 aliphatic carbocycles. The van der Waals surface area contributed by atoms with Gasteiger partial charge in [0.1, 0.15) is 0 Å². The molecule has 0 aromatic heterocycles. The van der Waals surface area contributed by atoms with Crippen LogP contribution in [0.2, 0.25) is 10.0 Å². The molecule has 1 aromatic rings. The maximum absolute atomic E-state index is 12.4. The number of sulfonamides is 1. The Kier molecular flexibility index (Phi) is 5.71. The number of nitrogens with zero attached hydrogens (tertiary/aromatic N) is 1. The lowest BCUT2D eigenvalue weighted by atomic mass is 9.99. The van der Waals surface area contributed by atoms with E-state index in [1.165, 1.54) is 4.31 Å². The number of rotatable bonds is 4. The van der Waals surface area contributed by atoms with Gasteiger partial charge in [0.15, 0.2) is 0 Å². The number of hydrogen-bond acceptors (Lipinski definition) is 3. The zero-order valence-electron chi connectivity index (χ0n) is 12.2. The monoisotopic (exact) mass is 364 g/mol. The van der Waals surface area contributed by atoms with Gasteiger partial charge in [-0.2, -0.15) is 0 Å². The summed E-state index contributed by atoms with van der Waals surface area (Å²) < 4.78 is 25.3. The largest absolute Gasteiger partial charge is 0.324 e. The summed E-state index contributed by atoms with van der Waals surface area (Å²) in [5, 5.41) is 3.38. The van der Waals surface area contributed by atoms with Crippen LogP contribution in [-0.2, 0) is 14.8 Å². The van der Waals surface area contributed by atoms with Crippen molar-refractivity contribution in [1.29, 1.82) is 0 Å². The number of anilines is 1. The zero-order chi connectivity index (χ0) is 16.3. The van der Waals surface area contributed by atoms with Crippen molar-refractivity contribution in [3.63, 3.8) is 0 Å². The highest BCUT2D eigenvalue weighted by Gasteiger charge is 2.31. The Balaban J connectivity index is 2.08. The van der Waals surface area contributed by atoms with Gasteiger partial charge in [0.05, 0.1) is 27.4 Å². The van der Waals surface area contributed by atoms with Gasteiger partial charge in [0.25, 0.3) is 0 Å². The van der Waals surface area contributed by atoms with Crippen molar-refractivity contribution in [2.24, 2.45) is 5.92 Å². The normalized spacial score (nSPS) is 19.9. The van der Waals surface area contributed by atoms with Gasteiger partial charge >= 0.3 is 0 Å². The molecule has 0 radical (unpaired) electrons. The molecule has 0 bridgehead atoms. The van der Waals surface area contributed by atoms with Crippen LogP contribution in [0.25, 0.3) is 0 Å². The van der Waals surface area contributed by atoms with E-state index >= 15 is 0 Å². The summed E-state index contributed by atoms with van der Waals surface area (Å²) in [6, 6.07) is 4.99. The first-order valence-corrected chi connectivity index (χ1v) is 9.44. The van der Waals surface area contributed by atoms with Crippen molar-refractivity contribution < 1.29 is 13.2 Å². The van der Waals surface area contributed by atoms with E-state index in [0.29, 0.717) is 30.1 Å². The van der Waals surface area contributed by atoms with Crippen molar-refractivity contribution >= 4 is 44.8 Å². The second-order valence-corrected chi connectivity index (χ2v) is 8.23. The molecule has 0 spiro atoms. The third-order valence-corrected chi connectivity index (χ3v) is 6.39. The van der Waals surface area contributed by atoms with Crippen molar-refractivity contribution in [2.75, 3.05) is 24.2 Å². The summed E-state index contributed by atoms with van der Waals surface area (Å²) in [4.78, 5) is 12.4. The highest BCUT2D eigenvalue weighted by molar-refractivity contribution is 7.89. The quantitative estimate of drug-likeness (QED) is 0.892. The number of benzene rings is 1. The van der Waals surface area contributed by atoms with Crippen molar-refractivity contribution in [3.05, 3.63) is 28.2 Å². The molecule has 1 aliphatic heterocycles. The van der Waals surface area contributed by atoms with Crippen molar-refractivity contribution in [1.82, 2.24) is 4.31 Å². The van der Waals surface area contributed by atoms with Crippen LogP contribution in [0.15, 0.2) is 18.2 Å². The molecule has 2 rings (SSSR count). The van der Waals surface area contributed by atoms with E-state index in [2.05, 4.69) is 5.32 Å². The second-order valence-electron chi connectivity index (χ2n) is 5.19. The van der Waals surface area contributed by atoms with Crippen LogP contribution in [0.3, 0.4) is 0 Å². The molecule has 5 nitrogen and oxygen atoms in total. The number of halogens is 2. The van der Waals surface area contributed by atoms with Crippen molar-refractivity contribution in [3.8, 4) is 0 Å². The summed E-state index contributed by atoms with van der Waals surface area (Å²) in [6.45, 7) is 2.28. The van der Waals surface area contributed by atoms with Gasteiger partial charge in [-0.1, -0.05) is 29.3 Å². The molecule has 0 saturated carbocycles. The predicted octanol–water partition coefficient (Wildman–Crippen LogP) is 2.99. The van der Waals surface area contributed by atoms with Crippen LogP contribution in [0.1, 0.15) is 19.8 Å². The van der Waals surface area contributed by atoms with Crippen LogP contribution in [0, 0.1) is 5.92 Å². The lowest BCUT2D eigenvalue weighted by Crippen LogP contribution is -2.44. The van der Waals surface area contributed by atoms with Crippen molar-refractivity contribution in [2.45, 2.75) is 19.8 Å². The summed E-state index contributed by atoms with van der Waals surface area (Å²) >= 11 is 12.0. The molecule has 1 amide bonds. The minimum Gasteiger partial charge on any atom is -0.324 e. The molecule has 8 heteroatoms. The fourth-order valence-corrected chi connectivity index (χ4v) is 3.95. The minimum atomic E-state index is -3.27. The van der Waals surface area contributed by atoms with Gasteiger partial charge < -0.3 is 5.32 Å². The molecule has 1 heterocycles. The van der Waals surface area contributed by atoms with Gasteiger partial charge in [-0.05, 0) is 31.9 Å². The zero-order valence-corrected chi connectivity index (χ0v) is 14.5. The lowest BCUT2D eigenvalue weighted by Gasteiger charge is -2.31. The molecule has 122 valence electrons. The van der Waals surface area contributed by atoms with E-state index in [1.54, 1.807) is 25.1 Å². The first-order chi connectivity index (χ1) is 10.3. The van der Waals surface area contributed by atoms with E-state index in [9.17, 15) is 13.2 Å². The Morgan fingerprint density at radius 2 is 2.14 bits per heavy atom. The number of carbonyl (C=O) groups is 1. The molecule has 1 aliphatic rings. The van der Waals surface area contributed by atoms with E-state index < -0.39 is 10.0 Å². The SMILES string of the molecule is CCS(=O)(=O)N1CCC[C@@H](C(=O)Nc2cccc(Cl)c2Cl)C1. The predicted molar refractivity (Wildman–Crippen MR) is 88.8 cm³/mol. The Morgan fingerprint density at radius 3 is 2.82 bits per heavy atom. The fourth-order valence-electron chi connectivity index (χ4n) is 2.43. The average molecular weight is 365 g/mol. The number of piperidine rings is 1. The standard InChI is InChI=1S/C14H18Cl2N2O3S/c1-2-22(20,21)18-8-4-5-10(9-18)14(19)17-12-7-3-6-11(15)13(12)16/h3,6-7,10H,2,4-5,8-9H2,1H3,(H,17,19)/t10-/m1/s1. The third-order valence-electron chi connectivity index (χ3n) is 3.72. The summed E-state index contributed by atoms with van der Waals surface area (Å²) in [5.74, 6) is -0.577. The highest BCUT2D eigenvalue weighted by atomic mass is 35.5. The first-order valence-electron chi connectivity index (χ1n) is 7.08. The van der Waals surface area contributed by atoms with Gasteiger partial charge in [-0.15, -0.1) is 0 Å². The lowest BCUT2D eigenvalue weighted by molar-refractivity contribution is -0.120. The highest BCUT2D eigenvalue weighted by Crippen LogP contribution is 2.30. The number of nitrogens with one attached hydrogen (secondary N) is 1. The summed E-state index contributed by atoms with van der Waals surface area (Å²) in [5.41, 5.74) is 0.439. The molecule has 1 atom stereocenters. The first kappa shape index (κ1) is 17.5. The Bertz CT molecular complexity index is 664. The molecule has 1 N–H and O–H groups in total. The third kappa shape index (κ3) is 3.93. The molecule has 1 saturated heterocycles. The van der Waals surface area contributed by atoms with Crippen LogP contribution in [0.5, 0.6) is 0 Å². The van der Waals surface area contributed by atoms with E-state index in [0.717, 1.165) is 0 Å². The second kappa shape index (κ2) is 7.17. The minimum absolute atomic E-state index is 0.0431. The van der Waals surface area contributed by atoms with Gasteiger partial charge in [-0.3, -0.25) is 4.79 Å². The maximum atomic E-state index is 12.4. The van der Waals surface area contributed by atoms with Gasteiger partial charge in [-0.25, -0.2) is 12.7 Å². The molecular weight excluding hydrogens is 347 g/mol. The average Bonchev–Trinajstić information content (AvgIpc) is 2.52. The van der Waals surface area contributed by atoms with Crippen LogP contribution in [0.4, 0.5) is 5.69 Å². The van der Waals surface area contributed by atoms with E-state index in [-0.39, 0.29) is 29.1 Å². The van der Waals surface area contributed by atoms with Gasteiger partial charge in [0, 0.05) is 13.1 Å². The topological polar surface area (TPSA) is 66.5 Å². The van der Waals surface area contributed by atoms with Crippen LogP contribution < -0.4 is 5.32 Å². The number of hydrogen-bond donors (Lipinski definition) is 1. The Hall–Kier alpha value is -0.820. The van der Waals surface area contributed by atoms with E-state index in [1.807, 2.05) is 0 Å². The molecule has 1 fully saturated rings. The molecule has 22 heavy (non-hydrogen) atoms. The Morgan fingerprint density at radius 1 is 1.41 bits per heavy atom. The van der Waals surface area contributed by atoms with Crippen LogP contribution in [-0.4, -0.2) is 37.5 Å². The van der Waals surface area contributed by atoms with E-state index in [4.69, 9.17) is 23.2 Å². The number of amides is 1. The van der Waals surface area contributed by atoms with Crippen LogP contribution >= 0.6 is 23.2 Å². The van der Waals surface area contributed by atoms with Gasteiger partial charge in [0.2, 0.25) is 15.9 Å². The fraction of sp³-hybridized carbons (Fsp3) is 0.500. The number of carbonyl (C=O) groups excluding carboxylic acids is 1.